The Morgan fingerprint density at radius 3 is 2.71 bits per heavy atom. The van der Waals surface area contributed by atoms with Crippen LogP contribution >= 0.6 is 11.3 Å². The van der Waals surface area contributed by atoms with Crippen molar-refractivity contribution in [2.75, 3.05) is 6.54 Å². The molecule has 2 heteroatoms. The van der Waals surface area contributed by atoms with E-state index in [1.54, 1.807) is 0 Å². The summed E-state index contributed by atoms with van der Waals surface area (Å²) in [5.74, 6) is 0.776. The summed E-state index contributed by atoms with van der Waals surface area (Å²) in [6.07, 6.45) is 5.65. The Morgan fingerprint density at radius 1 is 1.19 bits per heavy atom. The third-order valence-electron chi connectivity index (χ3n) is 3.83. The van der Waals surface area contributed by atoms with Crippen molar-refractivity contribution in [3.63, 3.8) is 0 Å². The van der Waals surface area contributed by atoms with E-state index in [9.17, 15) is 0 Å². The first-order valence-electron chi connectivity index (χ1n) is 7.79. The number of rotatable bonds is 9. The van der Waals surface area contributed by atoms with E-state index in [0.717, 1.165) is 25.4 Å². The zero-order valence-corrected chi connectivity index (χ0v) is 13.7. The maximum absolute atomic E-state index is 3.84. The van der Waals surface area contributed by atoms with Crippen molar-refractivity contribution in [1.29, 1.82) is 0 Å². The van der Waals surface area contributed by atoms with Crippen molar-refractivity contribution in [3.8, 4) is 10.4 Å². The summed E-state index contributed by atoms with van der Waals surface area (Å²) in [5, 5.41) is 3.57. The van der Waals surface area contributed by atoms with Crippen molar-refractivity contribution in [2.24, 2.45) is 5.92 Å². The monoisotopic (exact) mass is 299 g/mol. The summed E-state index contributed by atoms with van der Waals surface area (Å²) in [5.41, 5.74) is 1.31. The van der Waals surface area contributed by atoms with Gasteiger partial charge in [-0.3, -0.25) is 0 Å². The van der Waals surface area contributed by atoms with Crippen LogP contribution in [-0.2, 0) is 6.54 Å². The summed E-state index contributed by atoms with van der Waals surface area (Å²) >= 11 is 1.88. The van der Waals surface area contributed by atoms with Crippen molar-refractivity contribution in [2.45, 2.75) is 32.7 Å². The van der Waals surface area contributed by atoms with Gasteiger partial charge in [-0.1, -0.05) is 49.8 Å². The molecule has 0 aliphatic heterocycles. The maximum Gasteiger partial charge on any atom is 0.0346 e. The van der Waals surface area contributed by atoms with Crippen molar-refractivity contribution in [3.05, 3.63) is 60.0 Å². The number of hydrogen-bond donors (Lipinski definition) is 1. The molecule has 1 aromatic carbocycles. The van der Waals surface area contributed by atoms with Crippen LogP contribution in [0.5, 0.6) is 0 Å². The number of nitrogens with one attached hydrogen (secondary N) is 1. The molecule has 1 nitrogen and oxygen atoms in total. The minimum atomic E-state index is 0.776. The summed E-state index contributed by atoms with van der Waals surface area (Å²) in [6.45, 7) is 8.16. The van der Waals surface area contributed by atoms with Crippen molar-refractivity contribution < 1.29 is 0 Å². The van der Waals surface area contributed by atoms with E-state index in [4.69, 9.17) is 0 Å². The average molecular weight is 299 g/mol. The van der Waals surface area contributed by atoms with Gasteiger partial charge in [-0.25, -0.2) is 0 Å². The van der Waals surface area contributed by atoms with E-state index < -0.39 is 0 Å². The molecule has 0 saturated heterocycles. The fourth-order valence-corrected chi connectivity index (χ4v) is 3.46. The van der Waals surface area contributed by atoms with Gasteiger partial charge in [0.1, 0.15) is 0 Å². The van der Waals surface area contributed by atoms with E-state index >= 15 is 0 Å². The third-order valence-corrected chi connectivity index (χ3v) is 4.96. The molecule has 0 amide bonds. The van der Waals surface area contributed by atoms with Crippen molar-refractivity contribution in [1.82, 2.24) is 5.32 Å². The molecule has 0 spiro atoms. The summed E-state index contributed by atoms with van der Waals surface area (Å²) in [4.78, 5) is 2.76. The molecule has 1 N–H and O–H groups in total. The molecule has 21 heavy (non-hydrogen) atoms. The molecule has 1 heterocycles. The second-order valence-electron chi connectivity index (χ2n) is 5.40. The standard InChI is InChI=1S/C19H25NS/c1-3-8-16(4-2)13-14-20-15-18-11-12-19(21-18)17-9-6-5-7-10-17/h3,5-7,9-12,16,20H,1,4,8,13-15H2,2H3. The number of allylic oxidation sites excluding steroid dienone is 1. The van der Waals surface area contributed by atoms with Crippen LogP contribution in [0.25, 0.3) is 10.4 Å². The maximum atomic E-state index is 3.84. The van der Waals surface area contributed by atoms with E-state index in [2.05, 4.69) is 61.3 Å². The summed E-state index contributed by atoms with van der Waals surface area (Å²) < 4.78 is 0. The first-order chi connectivity index (χ1) is 10.3. The highest BCUT2D eigenvalue weighted by Gasteiger charge is 2.05. The van der Waals surface area contributed by atoms with Crippen LogP contribution < -0.4 is 5.32 Å². The molecule has 1 atom stereocenters. The molecular weight excluding hydrogens is 274 g/mol. The number of benzene rings is 1. The fraction of sp³-hybridized carbons (Fsp3) is 0.368. The Hall–Kier alpha value is -1.38. The first-order valence-corrected chi connectivity index (χ1v) is 8.61. The van der Waals surface area contributed by atoms with Crippen molar-refractivity contribution >= 4 is 11.3 Å². The fourth-order valence-electron chi connectivity index (χ4n) is 2.47. The SMILES string of the molecule is C=CCC(CC)CCNCc1ccc(-c2ccccc2)s1. The second kappa shape index (κ2) is 8.81. The van der Waals surface area contributed by atoms with E-state index in [0.29, 0.717) is 0 Å². The smallest absolute Gasteiger partial charge is 0.0346 e. The Kier molecular flexibility index (Phi) is 6.71. The van der Waals surface area contributed by atoms with Gasteiger partial charge in [0.25, 0.3) is 0 Å². The molecular formula is C19H25NS. The highest BCUT2D eigenvalue weighted by atomic mass is 32.1. The molecule has 0 saturated carbocycles. The predicted octanol–water partition coefficient (Wildman–Crippen LogP) is 5.50. The molecule has 0 fully saturated rings. The molecule has 0 aliphatic carbocycles. The normalized spacial score (nSPS) is 12.2. The molecule has 0 bridgehead atoms. The predicted molar refractivity (Wildman–Crippen MR) is 94.7 cm³/mol. The summed E-state index contributed by atoms with van der Waals surface area (Å²) in [6, 6.07) is 15.1. The van der Waals surface area contributed by atoms with Crippen LogP contribution in [0.2, 0.25) is 0 Å². The molecule has 112 valence electrons. The van der Waals surface area contributed by atoms with Crippen LogP contribution in [0.1, 0.15) is 31.1 Å². The van der Waals surface area contributed by atoms with Gasteiger partial charge in [0.15, 0.2) is 0 Å². The first kappa shape index (κ1) is 16.0. The van der Waals surface area contributed by atoms with Crippen LogP contribution in [-0.4, -0.2) is 6.54 Å². The highest BCUT2D eigenvalue weighted by Crippen LogP contribution is 2.27. The van der Waals surface area contributed by atoms with Crippen LogP contribution in [0.4, 0.5) is 0 Å². The molecule has 2 rings (SSSR count). The van der Waals surface area contributed by atoms with Gasteiger partial charge in [-0.15, -0.1) is 17.9 Å². The minimum absolute atomic E-state index is 0.776. The molecule has 1 unspecified atom stereocenters. The molecule has 1 aromatic heterocycles. The van der Waals surface area contributed by atoms with Gasteiger partial charge in [-0.2, -0.15) is 0 Å². The molecule has 0 radical (unpaired) electrons. The largest absolute Gasteiger partial charge is 0.312 e. The van der Waals surface area contributed by atoms with E-state index in [1.165, 1.54) is 28.2 Å². The molecule has 2 aromatic rings. The zero-order chi connectivity index (χ0) is 14.9. The molecule has 0 aliphatic rings. The van der Waals surface area contributed by atoms with Gasteiger partial charge in [-0.05, 0) is 43.0 Å². The Labute approximate surface area is 132 Å². The second-order valence-corrected chi connectivity index (χ2v) is 6.56. The van der Waals surface area contributed by atoms with E-state index in [-0.39, 0.29) is 0 Å². The lowest BCUT2D eigenvalue weighted by Crippen LogP contribution is -2.16. The van der Waals surface area contributed by atoms with Crippen LogP contribution in [0.3, 0.4) is 0 Å². The van der Waals surface area contributed by atoms with Crippen LogP contribution in [0.15, 0.2) is 55.1 Å². The van der Waals surface area contributed by atoms with Gasteiger partial charge in [0.05, 0.1) is 0 Å². The van der Waals surface area contributed by atoms with Gasteiger partial charge in [0.2, 0.25) is 0 Å². The topological polar surface area (TPSA) is 12.0 Å². The Balaban J connectivity index is 1.77. The number of thiophene rings is 1. The lowest BCUT2D eigenvalue weighted by molar-refractivity contribution is 0.456. The lowest BCUT2D eigenvalue weighted by atomic mass is 9.99. The highest BCUT2D eigenvalue weighted by molar-refractivity contribution is 7.15. The van der Waals surface area contributed by atoms with E-state index in [1.807, 2.05) is 17.4 Å². The quantitative estimate of drug-likeness (QED) is 0.476. The number of hydrogen-bond acceptors (Lipinski definition) is 2. The zero-order valence-electron chi connectivity index (χ0n) is 12.8. The lowest BCUT2D eigenvalue weighted by Gasteiger charge is -2.12. The van der Waals surface area contributed by atoms with Gasteiger partial charge < -0.3 is 5.32 Å². The summed E-state index contributed by atoms with van der Waals surface area (Å²) in [7, 11) is 0. The third kappa shape index (κ3) is 5.14. The Bertz CT molecular complexity index is 530. The average Bonchev–Trinajstić information content (AvgIpc) is 3.00. The minimum Gasteiger partial charge on any atom is -0.312 e. The van der Waals surface area contributed by atoms with Crippen LogP contribution in [0, 0.1) is 5.92 Å². The van der Waals surface area contributed by atoms with Gasteiger partial charge >= 0.3 is 0 Å². The van der Waals surface area contributed by atoms with Gasteiger partial charge in [0, 0.05) is 16.3 Å². The Morgan fingerprint density at radius 2 is 2.00 bits per heavy atom.